The summed E-state index contributed by atoms with van der Waals surface area (Å²) in [5.41, 5.74) is -0.352. The molecule has 0 aromatic carbocycles. The Hall–Kier alpha value is -1.36. The van der Waals surface area contributed by atoms with Crippen LogP contribution in [0.3, 0.4) is 0 Å². The minimum absolute atomic E-state index is 0.104. The Morgan fingerprint density at radius 3 is 2.47 bits per heavy atom. The number of hydrogen-bond acceptors (Lipinski definition) is 4. The predicted octanol–water partition coefficient (Wildman–Crippen LogP) is 1.19. The number of carbonyl (C=O) groups excluding carboxylic acids is 2. The van der Waals surface area contributed by atoms with Crippen LogP contribution in [0.2, 0.25) is 0 Å². The van der Waals surface area contributed by atoms with Crippen LogP contribution in [0, 0.1) is 17.3 Å². The molecule has 0 bridgehead atoms. The van der Waals surface area contributed by atoms with E-state index in [1.807, 2.05) is 18.7 Å². The summed E-state index contributed by atoms with van der Waals surface area (Å²) in [6.07, 6.45) is 1.71. The van der Waals surface area contributed by atoms with Crippen LogP contribution in [0.15, 0.2) is 12.8 Å². The number of ether oxygens (including phenoxy) is 2. The molecule has 1 amide bonds. The third-order valence-corrected chi connectivity index (χ3v) is 4.37. The van der Waals surface area contributed by atoms with Crippen molar-refractivity contribution in [3.05, 3.63) is 12.8 Å². The molecule has 0 unspecified atom stereocenters. The van der Waals surface area contributed by atoms with Gasteiger partial charge in [-0.25, -0.2) is 0 Å². The maximum atomic E-state index is 12.4. The zero-order valence-corrected chi connectivity index (χ0v) is 11.6. The molecule has 1 aliphatic carbocycles. The first-order valence-corrected chi connectivity index (χ1v) is 6.66. The van der Waals surface area contributed by atoms with E-state index in [1.165, 1.54) is 0 Å². The van der Waals surface area contributed by atoms with Gasteiger partial charge in [-0.05, 0) is 11.8 Å². The van der Waals surface area contributed by atoms with Crippen LogP contribution < -0.4 is 0 Å². The number of hydrogen-bond donors (Lipinski definition) is 0. The van der Waals surface area contributed by atoms with Crippen molar-refractivity contribution in [1.82, 2.24) is 4.90 Å². The van der Waals surface area contributed by atoms with Crippen LogP contribution in [0.5, 0.6) is 0 Å². The summed E-state index contributed by atoms with van der Waals surface area (Å²) < 4.78 is 10.1. The molecule has 2 aliphatic rings. The highest BCUT2D eigenvalue weighted by Crippen LogP contribution is 2.52. The molecule has 106 valence electrons. The van der Waals surface area contributed by atoms with Crippen LogP contribution >= 0.6 is 0 Å². The van der Waals surface area contributed by atoms with E-state index in [2.05, 4.69) is 6.58 Å². The summed E-state index contributed by atoms with van der Waals surface area (Å²) >= 11 is 0. The second kappa shape index (κ2) is 5.33. The Morgan fingerprint density at radius 1 is 1.32 bits per heavy atom. The van der Waals surface area contributed by atoms with Crippen LogP contribution in [0.1, 0.15) is 20.3 Å². The van der Waals surface area contributed by atoms with Gasteiger partial charge in [-0.2, -0.15) is 0 Å². The van der Waals surface area contributed by atoms with Crippen molar-refractivity contribution >= 4 is 11.9 Å². The molecular formula is C14H21NO4. The second-order valence-corrected chi connectivity index (χ2v) is 5.70. The highest BCUT2D eigenvalue weighted by Gasteiger charge is 2.56. The third-order valence-electron chi connectivity index (χ3n) is 4.37. The van der Waals surface area contributed by atoms with E-state index in [0.29, 0.717) is 32.7 Å². The van der Waals surface area contributed by atoms with E-state index >= 15 is 0 Å². The Morgan fingerprint density at radius 2 is 1.95 bits per heavy atom. The Labute approximate surface area is 113 Å². The standard InChI is InChI=1S/C14H21NO4/c1-4-19-13(17)11-9-10(14(11,2)3)12(16)15-5-7-18-8-6-15/h4,10-11H,1,5-9H2,2-3H3/t10-,11+/m0/s1. The lowest BCUT2D eigenvalue weighted by molar-refractivity contribution is -0.170. The van der Waals surface area contributed by atoms with Crippen molar-refractivity contribution in [2.24, 2.45) is 17.3 Å². The van der Waals surface area contributed by atoms with Crippen molar-refractivity contribution in [1.29, 1.82) is 0 Å². The fourth-order valence-electron chi connectivity index (χ4n) is 2.91. The molecule has 2 fully saturated rings. The van der Waals surface area contributed by atoms with Gasteiger partial charge in [0.15, 0.2) is 0 Å². The normalized spacial score (nSPS) is 29.3. The van der Waals surface area contributed by atoms with E-state index in [4.69, 9.17) is 9.47 Å². The summed E-state index contributed by atoms with van der Waals surface area (Å²) in [4.78, 5) is 26.0. The summed E-state index contributed by atoms with van der Waals surface area (Å²) in [6.45, 7) is 9.78. The molecule has 1 aliphatic heterocycles. The van der Waals surface area contributed by atoms with Gasteiger partial charge in [0.05, 0.1) is 25.4 Å². The minimum atomic E-state index is -0.352. The minimum Gasteiger partial charge on any atom is -0.435 e. The SMILES string of the molecule is C=COC(=O)[C@H]1C[C@@H](C(=O)N2CCOCC2)C1(C)C. The first-order chi connectivity index (χ1) is 8.98. The van der Waals surface area contributed by atoms with Crippen LogP contribution in [0.4, 0.5) is 0 Å². The van der Waals surface area contributed by atoms with Gasteiger partial charge in [0.2, 0.25) is 5.91 Å². The van der Waals surface area contributed by atoms with Crippen molar-refractivity contribution in [2.75, 3.05) is 26.3 Å². The topological polar surface area (TPSA) is 55.8 Å². The molecule has 0 N–H and O–H groups in total. The van der Waals surface area contributed by atoms with E-state index in [0.717, 1.165) is 6.26 Å². The van der Waals surface area contributed by atoms with Gasteiger partial charge in [-0.1, -0.05) is 20.4 Å². The molecule has 5 heteroatoms. The van der Waals surface area contributed by atoms with E-state index < -0.39 is 0 Å². The highest BCUT2D eigenvalue weighted by molar-refractivity contribution is 5.85. The smallest absolute Gasteiger partial charge is 0.314 e. The number of amides is 1. The highest BCUT2D eigenvalue weighted by atomic mass is 16.5. The van der Waals surface area contributed by atoms with Crippen molar-refractivity contribution in [2.45, 2.75) is 20.3 Å². The molecule has 1 heterocycles. The van der Waals surface area contributed by atoms with Crippen LogP contribution in [0.25, 0.3) is 0 Å². The maximum absolute atomic E-state index is 12.4. The molecule has 0 aromatic heterocycles. The lowest BCUT2D eigenvalue weighted by Gasteiger charge is -2.50. The van der Waals surface area contributed by atoms with Crippen molar-refractivity contribution in [3.8, 4) is 0 Å². The molecule has 2 atom stereocenters. The molecule has 2 rings (SSSR count). The molecule has 0 spiro atoms. The van der Waals surface area contributed by atoms with Gasteiger partial charge in [-0.3, -0.25) is 9.59 Å². The van der Waals surface area contributed by atoms with Crippen LogP contribution in [-0.2, 0) is 19.1 Å². The average molecular weight is 267 g/mol. The van der Waals surface area contributed by atoms with Crippen LogP contribution in [-0.4, -0.2) is 43.1 Å². The molecule has 1 saturated carbocycles. The molecule has 5 nitrogen and oxygen atoms in total. The lowest BCUT2D eigenvalue weighted by atomic mass is 9.54. The number of nitrogens with zero attached hydrogens (tertiary/aromatic N) is 1. The summed E-state index contributed by atoms with van der Waals surface area (Å²) in [5, 5.41) is 0. The van der Waals surface area contributed by atoms with Gasteiger partial charge in [0.1, 0.15) is 0 Å². The lowest BCUT2D eigenvalue weighted by Crippen LogP contribution is -2.57. The summed E-state index contributed by atoms with van der Waals surface area (Å²) in [7, 11) is 0. The van der Waals surface area contributed by atoms with Gasteiger partial charge >= 0.3 is 5.97 Å². The quantitative estimate of drug-likeness (QED) is 0.569. The summed E-state index contributed by atoms with van der Waals surface area (Å²) in [5.74, 6) is -0.476. The molecular weight excluding hydrogens is 246 g/mol. The molecule has 0 aromatic rings. The fraction of sp³-hybridized carbons (Fsp3) is 0.714. The number of morpholine rings is 1. The average Bonchev–Trinajstić information content (AvgIpc) is 2.38. The third kappa shape index (κ3) is 2.52. The van der Waals surface area contributed by atoms with E-state index in [1.54, 1.807) is 0 Å². The monoisotopic (exact) mass is 267 g/mol. The Balaban J connectivity index is 1.98. The second-order valence-electron chi connectivity index (χ2n) is 5.70. The van der Waals surface area contributed by atoms with E-state index in [9.17, 15) is 9.59 Å². The zero-order valence-electron chi connectivity index (χ0n) is 11.6. The number of rotatable bonds is 3. The predicted molar refractivity (Wildman–Crippen MR) is 69.1 cm³/mol. The number of esters is 1. The molecule has 0 radical (unpaired) electrons. The van der Waals surface area contributed by atoms with Gasteiger partial charge in [-0.15, -0.1) is 0 Å². The number of carbonyl (C=O) groups is 2. The fourth-order valence-corrected chi connectivity index (χ4v) is 2.91. The Kier molecular flexibility index (Phi) is 3.94. The Bertz CT molecular complexity index is 385. The van der Waals surface area contributed by atoms with Crippen molar-refractivity contribution in [3.63, 3.8) is 0 Å². The molecule has 1 saturated heterocycles. The van der Waals surface area contributed by atoms with Crippen molar-refractivity contribution < 1.29 is 19.1 Å². The summed E-state index contributed by atoms with van der Waals surface area (Å²) in [6, 6.07) is 0. The van der Waals surface area contributed by atoms with Gasteiger partial charge in [0.25, 0.3) is 0 Å². The molecule has 19 heavy (non-hydrogen) atoms. The van der Waals surface area contributed by atoms with Gasteiger partial charge < -0.3 is 14.4 Å². The largest absolute Gasteiger partial charge is 0.435 e. The maximum Gasteiger partial charge on any atom is 0.314 e. The zero-order chi connectivity index (χ0) is 14.0. The first-order valence-electron chi connectivity index (χ1n) is 6.66. The van der Waals surface area contributed by atoms with E-state index in [-0.39, 0.29) is 29.1 Å². The van der Waals surface area contributed by atoms with Gasteiger partial charge in [0, 0.05) is 19.0 Å². The first kappa shape index (κ1) is 14.1.